The fourth-order valence-corrected chi connectivity index (χ4v) is 1.77. The van der Waals surface area contributed by atoms with Gasteiger partial charge in [-0.3, -0.25) is 0 Å². The lowest BCUT2D eigenvalue weighted by molar-refractivity contribution is 0.0592. The molecule has 0 fully saturated rings. The Hall–Kier alpha value is -1.51. The van der Waals surface area contributed by atoms with Gasteiger partial charge < -0.3 is 18.9 Å². The molecule has 0 atom stereocenters. The first-order valence-corrected chi connectivity index (χ1v) is 6.80. The summed E-state index contributed by atoms with van der Waals surface area (Å²) in [4.78, 5) is 11.6. The Kier molecular flexibility index (Phi) is 8.56. The average Bonchev–Trinajstić information content (AvgIpc) is 2.90. The molecule has 1 aromatic heterocycles. The molecule has 0 saturated carbocycles. The summed E-state index contributed by atoms with van der Waals surface area (Å²) in [5.74, 6) is -0.483. The van der Waals surface area contributed by atoms with E-state index in [-0.39, 0.29) is 5.69 Å². The van der Waals surface area contributed by atoms with Crippen molar-refractivity contribution in [2.75, 3.05) is 47.8 Å². The fraction of sp³-hybridized carbons (Fsp3) is 0.769. The van der Waals surface area contributed by atoms with Crippen molar-refractivity contribution < 1.29 is 23.7 Å². The molecule has 8 nitrogen and oxygen atoms in total. The highest BCUT2D eigenvalue weighted by atomic mass is 16.5. The molecule has 1 rings (SSSR count). The summed E-state index contributed by atoms with van der Waals surface area (Å²) in [7, 11) is 4.57. The van der Waals surface area contributed by atoms with Crippen molar-refractivity contribution in [3.05, 3.63) is 11.4 Å². The molecule has 21 heavy (non-hydrogen) atoms. The molecule has 8 heteroatoms. The number of methoxy groups -OCH3 is 3. The molecule has 0 unspecified atom stereocenters. The van der Waals surface area contributed by atoms with Crippen LogP contribution in [-0.2, 0) is 31.9 Å². The van der Waals surface area contributed by atoms with E-state index in [9.17, 15) is 4.79 Å². The Labute approximate surface area is 124 Å². The van der Waals surface area contributed by atoms with Crippen LogP contribution >= 0.6 is 0 Å². The molecule has 0 aliphatic rings. The van der Waals surface area contributed by atoms with Crippen LogP contribution in [0.1, 0.15) is 22.6 Å². The third kappa shape index (κ3) is 5.78. The lowest BCUT2D eigenvalue weighted by atomic mass is 10.2. The van der Waals surface area contributed by atoms with E-state index in [4.69, 9.17) is 18.9 Å². The van der Waals surface area contributed by atoms with Crippen molar-refractivity contribution in [1.29, 1.82) is 0 Å². The Morgan fingerprint density at radius 3 is 2.52 bits per heavy atom. The minimum Gasteiger partial charge on any atom is -0.464 e. The SMILES string of the molecule is COCCOCCCn1nnc(C(=O)OC)c1CCOC. The van der Waals surface area contributed by atoms with Crippen LogP contribution < -0.4 is 0 Å². The largest absolute Gasteiger partial charge is 0.464 e. The molecule has 1 heterocycles. The van der Waals surface area contributed by atoms with Gasteiger partial charge >= 0.3 is 5.97 Å². The molecule has 0 N–H and O–H groups in total. The zero-order valence-electron chi connectivity index (χ0n) is 12.8. The zero-order valence-corrected chi connectivity index (χ0v) is 12.8. The van der Waals surface area contributed by atoms with Crippen molar-refractivity contribution in [1.82, 2.24) is 15.0 Å². The monoisotopic (exact) mass is 301 g/mol. The summed E-state index contributed by atoms with van der Waals surface area (Å²) in [6, 6.07) is 0. The number of hydrogen-bond acceptors (Lipinski definition) is 7. The van der Waals surface area contributed by atoms with Gasteiger partial charge in [0.1, 0.15) is 0 Å². The maximum atomic E-state index is 11.6. The summed E-state index contributed by atoms with van der Waals surface area (Å²) in [5, 5.41) is 7.89. The summed E-state index contributed by atoms with van der Waals surface area (Å²) in [6.07, 6.45) is 1.33. The number of hydrogen-bond donors (Lipinski definition) is 0. The summed E-state index contributed by atoms with van der Waals surface area (Å²) < 4.78 is 21.7. The van der Waals surface area contributed by atoms with Crippen LogP contribution in [0.3, 0.4) is 0 Å². The Morgan fingerprint density at radius 2 is 1.86 bits per heavy atom. The zero-order chi connectivity index (χ0) is 15.5. The van der Waals surface area contributed by atoms with Crippen molar-refractivity contribution in [2.45, 2.75) is 19.4 Å². The van der Waals surface area contributed by atoms with Gasteiger partial charge in [-0.15, -0.1) is 5.10 Å². The number of carbonyl (C=O) groups excluding carboxylic acids is 1. The minimum atomic E-state index is -0.483. The van der Waals surface area contributed by atoms with E-state index in [2.05, 4.69) is 10.3 Å². The van der Waals surface area contributed by atoms with E-state index in [1.807, 2.05) is 0 Å². The number of carbonyl (C=O) groups is 1. The fourth-order valence-electron chi connectivity index (χ4n) is 1.77. The van der Waals surface area contributed by atoms with Gasteiger partial charge in [0.05, 0.1) is 32.6 Å². The number of aromatic nitrogens is 3. The normalized spacial score (nSPS) is 10.8. The second-order valence-corrected chi connectivity index (χ2v) is 4.30. The quantitative estimate of drug-likeness (QED) is 0.429. The van der Waals surface area contributed by atoms with Crippen LogP contribution in [0.2, 0.25) is 0 Å². The molecule has 0 bridgehead atoms. The maximum Gasteiger partial charge on any atom is 0.360 e. The van der Waals surface area contributed by atoms with E-state index in [1.54, 1.807) is 18.9 Å². The van der Waals surface area contributed by atoms with Gasteiger partial charge in [0, 0.05) is 33.8 Å². The predicted octanol–water partition coefficient (Wildman–Crippen LogP) is 0.307. The standard InChI is InChI=1S/C13H23N3O5/c1-18-8-5-11-12(13(17)20-3)14-15-16(11)6-4-7-21-10-9-19-2/h4-10H2,1-3H3. The lowest BCUT2D eigenvalue weighted by Gasteiger charge is -2.08. The van der Waals surface area contributed by atoms with Crippen LogP contribution in [0, 0.1) is 0 Å². The van der Waals surface area contributed by atoms with Crippen molar-refractivity contribution in [3.63, 3.8) is 0 Å². The number of esters is 1. The Balaban J connectivity index is 2.55. The highest BCUT2D eigenvalue weighted by Crippen LogP contribution is 2.09. The molecule has 0 radical (unpaired) electrons. The van der Waals surface area contributed by atoms with Gasteiger partial charge in [-0.25, -0.2) is 9.48 Å². The van der Waals surface area contributed by atoms with Crippen LogP contribution in [0.15, 0.2) is 0 Å². The number of ether oxygens (including phenoxy) is 4. The highest BCUT2D eigenvalue weighted by molar-refractivity contribution is 5.88. The van der Waals surface area contributed by atoms with Gasteiger partial charge in [0.25, 0.3) is 0 Å². The van der Waals surface area contributed by atoms with Gasteiger partial charge in [-0.05, 0) is 6.42 Å². The lowest BCUT2D eigenvalue weighted by Crippen LogP contribution is -2.13. The molecule has 0 saturated heterocycles. The minimum absolute atomic E-state index is 0.245. The second kappa shape index (κ2) is 10.3. The number of aryl methyl sites for hydroxylation is 1. The molecule has 0 aliphatic heterocycles. The average molecular weight is 301 g/mol. The van der Waals surface area contributed by atoms with E-state index < -0.39 is 5.97 Å². The maximum absolute atomic E-state index is 11.6. The van der Waals surface area contributed by atoms with Crippen molar-refractivity contribution >= 4 is 5.97 Å². The van der Waals surface area contributed by atoms with E-state index >= 15 is 0 Å². The van der Waals surface area contributed by atoms with Gasteiger partial charge in [0.15, 0.2) is 5.69 Å². The van der Waals surface area contributed by atoms with Gasteiger partial charge in [0.2, 0.25) is 0 Å². The first-order valence-electron chi connectivity index (χ1n) is 6.80. The number of rotatable bonds is 11. The van der Waals surface area contributed by atoms with E-state index in [0.29, 0.717) is 39.4 Å². The first kappa shape index (κ1) is 17.5. The number of nitrogens with zero attached hydrogens (tertiary/aromatic N) is 3. The second-order valence-electron chi connectivity index (χ2n) is 4.30. The first-order chi connectivity index (χ1) is 10.2. The van der Waals surface area contributed by atoms with E-state index in [1.165, 1.54) is 7.11 Å². The van der Waals surface area contributed by atoms with Gasteiger partial charge in [-0.2, -0.15) is 0 Å². The molecule has 1 aromatic rings. The Morgan fingerprint density at radius 1 is 1.10 bits per heavy atom. The van der Waals surface area contributed by atoms with Crippen LogP contribution in [0.4, 0.5) is 0 Å². The Bertz CT molecular complexity index is 422. The molecule has 120 valence electrons. The molecule has 0 spiro atoms. The summed E-state index contributed by atoms with van der Waals surface area (Å²) in [6.45, 7) is 2.85. The van der Waals surface area contributed by atoms with Crippen LogP contribution in [0.5, 0.6) is 0 Å². The van der Waals surface area contributed by atoms with E-state index in [0.717, 1.165) is 12.1 Å². The topological polar surface area (TPSA) is 84.7 Å². The van der Waals surface area contributed by atoms with Crippen molar-refractivity contribution in [2.24, 2.45) is 0 Å². The molecule has 0 aromatic carbocycles. The van der Waals surface area contributed by atoms with Crippen molar-refractivity contribution in [3.8, 4) is 0 Å². The smallest absolute Gasteiger partial charge is 0.360 e. The van der Waals surface area contributed by atoms with Gasteiger partial charge in [-0.1, -0.05) is 5.21 Å². The predicted molar refractivity (Wildman–Crippen MR) is 74.3 cm³/mol. The van der Waals surface area contributed by atoms with Crippen LogP contribution in [0.25, 0.3) is 0 Å². The highest BCUT2D eigenvalue weighted by Gasteiger charge is 2.19. The summed E-state index contributed by atoms with van der Waals surface area (Å²) >= 11 is 0. The molecule has 0 amide bonds. The summed E-state index contributed by atoms with van der Waals surface area (Å²) in [5.41, 5.74) is 0.968. The third-order valence-electron chi connectivity index (χ3n) is 2.85. The third-order valence-corrected chi connectivity index (χ3v) is 2.85. The van der Waals surface area contributed by atoms with Crippen LogP contribution in [-0.4, -0.2) is 68.7 Å². The molecule has 0 aliphatic carbocycles. The molecular formula is C13H23N3O5. The molecular weight excluding hydrogens is 278 g/mol.